The largest absolute Gasteiger partial charge is 0.396 e. The van der Waals surface area contributed by atoms with Crippen molar-refractivity contribution in [1.29, 1.82) is 0 Å². The van der Waals surface area contributed by atoms with Crippen molar-refractivity contribution in [1.82, 2.24) is 10.6 Å². The first-order valence-electron chi connectivity index (χ1n) is 7.15. The third-order valence-electron chi connectivity index (χ3n) is 4.87. The molecule has 2 atom stereocenters. The van der Waals surface area contributed by atoms with Gasteiger partial charge >= 0.3 is 0 Å². The van der Waals surface area contributed by atoms with Gasteiger partial charge in [-0.3, -0.25) is 10.6 Å². The summed E-state index contributed by atoms with van der Waals surface area (Å²) in [7, 11) is 0. The van der Waals surface area contributed by atoms with E-state index in [4.69, 9.17) is 5.11 Å². The van der Waals surface area contributed by atoms with Gasteiger partial charge in [0.05, 0.1) is 5.66 Å². The molecule has 0 aromatic carbocycles. The molecule has 0 amide bonds. The van der Waals surface area contributed by atoms with E-state index in [0.29, 0.717) is 6.61 Å². The molecule has 1 heterocycles. The zero-order chi connectivity index (χ0) is 11.7. The Labute approximate surface area is 104 Å². The topological polar surface area (TPSA) is 44.3 Å². The summed E-state index contributed by atoms with van der Waals surface area (Å²) in [5.41, 5.74) is 1.77. The molecule has 2 aliphatic carbocycles. The van der Waals surface area contributed by atoms with Gasteiger partial charge in [-0.25, -0.2) is 0 Å². The van der Waals surface area contributed by atoms with Crippen LogP contribution < -0.4 is 10.6 Å². The monoisotopic (exact) mass is 236 g/mol. The summed E-state index contributed by atoms with van der Waals surface area (Å²) in [4.78, 5) is 0. The molecule has 0 bridgehead atoms. The summed E-state index contributed by atoms with van der Waals surface area (Å²) in [6.45, 7) is 2.54. The molecule has 1 spiro atoms. The molecule has 0 radical (unpaired) electrons. The minimum atomic E-state index is 0.118. The lowest BCUT2D eigenvalue weighted by molar-refractivity contribution is 0.180. The van der Waals surface area contributed by atoms with Crippen LogP contribution in [-0.2, 0) is 0 Å². The molecule has 3 rings (SSSR count). The Morgan fingerprint density at radius 2 is 2.12 bits per heavy atom. The van der Waals surface area contributed by atoms with E-state index >= 15 is 0 Å². The second-order valence-corrected chi connectivity index (χ2v) is 5.85. The summed E-state index contributed by atoms with van der Waals surface area (Å²) in [6.07, 6.45) is 9.88. The van der Waals surface area contributed by atoms with Crippen LogP contribution in [-0.4, -0.2) is 30.5 Å². The van der Waals surface area contributed by atoms with Crippen LogP contribution >= 0.6 is 0 Å². The predicted molar refractivity (Wildman–Crippen MR) is 68.6 cm³/mol. The lowest BCUT2D eigenvalue weighted by Crippen LogP contribution is -2.50. The Hall–Kier alpha value is -0.380. The van der Waals surface area contributed by atoms with Gasteiger partial charge in [0.1, 0.15) is 0 Å². The van der Waals surface area contributed by atoms with Crippen molar-refractivity contribution in [2.45, 2.75) is 44.2 Å². The Morgan fingerprint density at radius 3 is 2.88 bits per heavy atom. The summed E-state index contributed by atoms with van der Waals surface area (Å²) < 4.78 is 0. The first-order chi connectivity index (χ1) is 8.33. The fourth-order valence-electron chi connectivity index (χ4n) is 4.05. The maximum atomic E-state index is 9.17. The van der Waals surface area contributed by atoms with Crippen molar-refractivity contribution in [3.05, 3.63) is 11.6 Å². The maximum Gasteiger partial charge on any atom is 0.0882 e. The molecular weight excluding hydrogens is 212 g/mol. The molecule has 3 heteroatoms. The SMILES string of the molecule is OCCC1CCCC2=CC3(CCC21)NCCN3. The van der Waals surface area contributed by atoms with Gasteiger partial charge in [0.25, 0.3) is 0 Å². The molecule has 2 fully saturated rings. The van der Waals surface area contributed by atoms with E-state index in [2.05, 4.69) is 16.7 Å². The van der Waals surface area contributed by atoms with Gasteiger partial charge in [-0.1, -0.05) is 11.6 Å². The second kappa shape index (κ2) is 4.71. The molecule has 1 saturated carbocycles. The van der Waals surface area contributed by atoms with Crippen molar-refractivity contribution in [2.24, 2.45) is 11.8 Å². The molecule has 1 aliphatic heterocycles. The van der Waals surface area contributed by atoms with Crippen LogP contribution in [0.25, 0.3) is 0 Å². The van der Waals surface area contributed by atoms with Crippen molar-refractivity contribution >= 4 is 0 Å². The smallest absolute Gasteiger partial charge is 0.0882 e. The maximum absolute atomic E-state index is 9.17. The molecule has 96 valence electrons. The van der Waals surface area contributed by atoms with Gasteiger partial charge in [0.15, 0.2) is 0 Å². The number of rotatable bonds is 2. The quantitative estimate of drug-likeness (QED) is 0.635. The standard InChI is InChI=1S/C14H24N2O/c17-9-5-11-2-1-3-12-10-14(6-4-13(11)12)15-7-8-16-14/h10-11,13,15-17H,1-9H2. The average Bonchev–Trinajstić information content (AvgIpc) is 2.78. The molecule has 0 aromatic rings. The molecule has 17 heavy (non-hydrogen) atoms. The highest BCUT2D eigenvalue weighted by Gasteiger charge is 2.39. The third-order valence-corrected chi connectivity index (χ3v) is 4.87. The van der Waals surface area contributed by atoms with E-state index in [1.54, 1.807) is 5.57 Å². The van der Waals surface area contributed by atoms with Crippen molar-refractivity contribution in [3.8, 4) is 0 Å². The highest BCUT2D eigenvalue weighted by molar-refractivity contribution is 5.23. The first kappa shape index (κ1) is 11.7. The number of hydrogen-bond acceptors (Lipinski definition) is 3. The van der Waals surface area contributed by atoms with Gasteiger partial charge in [0, 0.05) is 19.7 Å². The summed E-state index contributed by atoms with van der Waals surface area (Å²) in [5, 5.41) is 16.4. The zero-order valence-corrected chi connectivity index (χ0v) is 10.5. The van der Waals surface area contributed by atoms with Crippen molar-refractivity contribution in [3.63, 3.8) is 0 Å². The number of allylic oxidation sites excluding steroid dienone is 1. The predicted octanol–water partition coefficient (Wildman–Crippen LogP) is 1.39. The minimum Gasteiger partial charge on any atom is -0.396 e. The molecule has 1 saturated heterocycles. The van der Waals surface area contributed by atoms with Crippen LogP contribution in [0.4, 0.5) is 0 Å². The fraction of sp³-hybridized carbons (Fsp3) is 0.857. The van der Waals surface area contributed by atoms with Crippen LogP contribution in [0.1, 0.15) is 38.5 Å². The van der Waals surface area contributed by atoms with E-state index in [9.17, 15) is 0 Å². The van der Waals surface area contributed by atoms with Crippen LogP contribution in [0.15, 0.2) is 11.6 Å². The van der Waals surface area contributed by atoms with E-state index in [1.807, 2.05) is 0 Å². The van der Waals surface area contributed by atoms with Crippen LogP contribution in [0, 0.1) is 11.8 Å². The normalized spacial score (nSPS) is 35.7. The van der Waals surface area contributed by atoms with Gasteiger partial charge in [-0.15, -0.1) is 0 Å². The van der Waals surface area contributed by atoms with E-state index < -0.39 is 0 Å². The summed E-state index contributed by atoms with van der Waals surface area (Å²) in [6, 6.07) is 0. The van der Waals surface area contributed by atoms with Gasteiger partial charge in [-0.2, -0.15) is 0 Å². The van der Waals surface area contributed by atoms with Crippen LogP contribution in [0.5, 0.6) is 0 Å². The van der Waals surface area contributed by atoms with E-state index in [0.717, 1.165) is 31.3 Å². The molecule has 3 aliphatic rings. The average molecular weight is 236 g/mol. The second-order valence-electron chi connectivity index (χ2n) is 5.85. The van der Waals surface area contributed by atoms with Gasteiger partial charge in [-0.05, 0) is 50.4 Å². The number of hydrogen-bond donors (Lipinski definition) is 3. The number of aliphatic hydroxyl groups excluding tert-OH is 1. The summed E-state index contributed by atoms with van der Waals surface area (Å²) >= 11 is 0. The number of fused-ring (bicyclic) bond motifs is 1. The van der Waals surface area contributed by atoms with Gasteiger partial charge in [0.2, 0.25) is 0 Å². The Balaban J connectivity index is 1.78. The highest BCUT2D eigenvalue weighted by Crippen LogP contribution is 2.44. The third kappa shape index (κ3) is 2.16. The molecule has 3 nitrogen and oxygen atoms in total. The molecule has 0 aromatic heterocycles. The van der Waals surface area contributed by atoms with Crippen molar-refractivity contribution in [2.75, 3.05) is 19.7 Å². The highest BCUT2D eigenvalue weighted by atomic mass is 16.3. The van der Waals surface area contributed by atoms with E-state index in [-0.39, 0.29) is 5.66 Å². The summed E-state index contributed by atoms with van der Waals surface area (Å²) in [5.74, 6) is 1.49. The Bertz CT molecular complexity index is 305. The molecular formula is C14H24N2O. The Morgan fingerprint density at radius 1 is 1.29 bits per heavy atom. The zero-order valence-electron chi connectivity index (χ0n) is 10.5. The van der Waals surface area contributed by atoms with Crippen molar-refractivity contribution < 1.29 is 5.11 Å². The number of aliphatic hydroxyl groups is 1. The molecule has 3 N–H and O–H groups in total. The Kier molecular flexibility index (Phi) is 3.24. The van der Waals surface area contributed by atoms with Gasteiger partial charge < -0.3 is 5.11 Å². The number of nitrogens with one attached hydrogen (secondary N) is 2. The lowest BCUT2D eigenvalue weighted by Gasteiger charge is -2.42. The molecule has 2 unspecified atom stereocenters. The lowest BCUT2D eigenvalue weighted by atomic mass is 9.68. The van der Waals surface area contributed by atoms with E-state index in [1.165, 1.54) is 32.1 Å². The fourth-order valence-corrected chi connectivity index (χ4v) is 4.05. The minimum absolute atomic E-state index is 0.118. The van der Waals surface area contributed by atoms with Crippen LogP contribution in [0.2, 0.25) is 0 Å². The first-order valence-corrected chi connectivity index (χ1v) is 7.15. The van der Waals surface area contributed by atoms with Crippen LogP contribution in [0.3, 0.4) is 0 Å².